The Morgan fingerprint density at radius 3 is 2.11 bits per heavy atom. The number of benzene rings is 2. The van der Waals surface area contributed by atoms with Crippen molar-refractivity contribution in [1.82, 2.24) is 0 Å². The van der Waals surface area contributed by atoms with Gasteiger partial charge in [-0.2, -0.15) is 0 Å². The van der Waals surface area contributed by atoms with E-state index in [1.54, 1.807) is 6.07 Å². The van der Waals surface area contributed by atoms with Gasteiger partial charge >= 0.3 is 0 Å². The van der Waals surface area contributed by atoms with E-state index in [4.69, 9.17) is 0 Å². The number of hydrogen-bond acceptors (Lipinski definition) is 2. The van der Waals surface area contributed by atoms with Crippen LogP contribution in [0.15, 0.2) is 24.3 Å². The van der Waals surface area contributed by atoms with Gasteiger partial charge in [0.25, 0.3) is 0 Å². The van der Waals surface area contributed by atoms with Crippen molar-refractivity contribution in [3.05, 3.63) is 57.6 Å². The van der Waals surface area contributed by atoms with Crippen LogP contribution in [0.4, 0.5) is 0 Å². The molecule has 0 spiro atoms. The van der Waals surface area contributed by atoms with Crippen LogP contribution in [-0.4, -0.2) is 10.2 Å². The lowest BCUT2D eigenvalue weighted by Crippen LogP contribution is -1.97. The summed E-state index contributed by atoms with van der Waals surface area (Å²) >= 11 is 0. The molecule has 2 heteroatoms. The van der Waals surface area contributed by atoms with E-state index in [0.29, 0.717) is 17.9 Å². The first-order chi connectivity index (χ1) is 8.90. The third kappa shape index (κ3) is 2.58. The zero-order chi connectivity index (χ0) is 14.2. The molecule has 19 heavy (non-hydrogen) atoms. The second kappa shape index (κ2) is 4.96. The molecular weight excluding hydrogens is 236 g/mol. The number of phenols is 2. The quantitative estimate of drug-likeness (QED) is 0.855. The second-order valence-electron chi connectivity index (χ2n) is 5.27. The topological polar surface area (TPSA) is 40.5 Å². The summed E-state index contributed by atoms with van der Waals surface area (Å²) in [6, 6.07) is 7.74. The Morgan fingerprint density at radius 1 is 0.789 bits per heavy atom. The van der Waals surface area contributed by atoms with Crippen molar-refractivity contribution in [3.8, 4) is 11.5 Å². The minimum atomic E-state index is 0.325. The van der Waals surface area contributed by atoms with Crippen LogP contribution in [0.2, 0.25) is 0 Å². The predicted molar refractivity (Wildman–Crippen MR) is 78.0 cm³/mol. The van der Waals surface area contributed by atoms with E-state index in [2.05, 4.69) is 0 Å². The fourth-order valence-corrected chi connectivity index (χ4v) is 2.32. The Morgan fingerprint density at radius 2 is 1.42 bits per heavy atom. The molecule has 0 unspecified atom stereocenters. The van der Waals surface area contributed by atoms with Gasteiger partial charge < -0.3 is 10.2 Å². The Balaban J connectivity index is 2.48. The number of rotatable bonds is 2. The van der Waals surface area contributed by atoms with Crippen molar-refractivity contribution < 1.29 is 10.2 Å². The number of hydrogen-bond donors (Lipinski definition) is 2. The van der Waals surface area contributed by atoms with Gasteiger partial charge in [-0.1, -0.05) is 18.2 Å². The number of aromatic hydroxyl groups is 2. The molecule has 0 aliphatic heterocycles. The minimum absolute atomic E-state index is 0.325. The van der Waals surface area contributed by atoms with Gasteiger partial charge in [-0.3, -0.25) is 0 Å². The van der Waals surface area contributed by atoms with Gasteiger partial charge in [0.05, 0.1) is 0 Å². The van der Waals surface area contributed by atoms with Gasteiger partial charge in [0.2, 0.25) is 0 Å². The maximum Gasteiger partial charge on any atom is 0.122 e. The Labute approximate surface area is 114 Å². The molecule has 0 saturated carbocycles. The predicted octanol–water partition coefficient (Wildman–Crippen LogP) is 3.92. The summed E-state index contributed by atoms with van der Waals surface area (Å²) in [4.78, 5) is 0. The summed E-state index contributed by atoms with van der Waals surface area (Å²) in [5, 5.41) is 19.9. The van der Waals surface area contributed by atoms with Gasteiger partial charge in [0, 0.05) is 12.0 Å². The molecule has 0 saturated heterocycles. The summed E-state index contributed by atoms with van der Waals surface area (Å²) in [7, 11) is 0. The third-order valence-electron chi connectivity index (χ3n) is 3.74. The maximum absolute atomic E-state index is 10.2. The molecule has 0 fully saturated rings. The molecule has 0 aliphatic carbocycles. The Hall–Kier alpha value is -1.96. The number of phenolic OH excluding ortho intramolecular Hbond substituents is 2. The fraction of sp³-hybridized carbons (Fsp3) is 0.294. The van der Waals surface area contributed by atoms with Crippen LogP contribution >= 0.6 is 0 Å². The van der Waals surface area contributed by atoms with E-state index in [1.165, 1.54) is 0 Å². The van der Waals surface area contributed by atoms with Crippen LogP contribution in [0.25, 0.3) is 0 Å². The SMILES string of the molecule is Cc1cc(Cc2c(C)ccc(C)c2O)c(C)cc1O. The molecule has 2 rings (SSSR count). The lowest BCUT2D eigenvalue weighted by Gasteiger charge is -2.13. The van der Waals surface area contributed by atoms with E-state index < -0.39 is 0 Å². The monoisotopic (exact) mass is 256 g/mol. The normalized spacial score (nSPS) is 10.7. The summed E-state index contributed by atoms with van der Waals surface area (Å²) < 4.78 is 0. The van der Waals surface area contributed by atoms with Crippen LogP contribution in [-0.2, 0) is 6.42 Å². The summed E-state index contributed by atoms with van der Waals surface area (Å²) in [5.74, 6) is 0.705. The second-order valence-corrected chi connectivity index (χ2v) is 5.27. The summed E-state index contributed by atoms with van der Waals surface area (Å²) in [6.45, 7) is 7.79. The molecule has 100 valence electrons. The lowest BCUT2D eigenvalue weighted by molar-refractivity contribution is 0.464. The van der Waals surface area contributed by atoms with Gasteiger partial charge in [-0.05, 0) is 61.6 Å². The molecule has 0 atom stereocenters. The van der Waals surface area contributed by atoms with Gasteiger partial charge in [-0.25, -0.2) is 0 Å². The first-order valence-corrected chi connectivity index (χ1v) is 6.47. The van der Waals surface area contributed by atoms with Crippen LogP contribution < -0.4 is 0 Å². The van der Waals surface area contributed by atoms with E-state index in [0.717, 1.165) is 33.4 Å². The van der Waals surface area contributed by atoms with E-state index >= 15 is 0 Å². The molecule has 0 radical (unpaired) electrons. The lowest BCUT2D eigenvalue weighted by atomic mass is 9.93. The van der Waals surface area contributed by atoms with Crippen molar-refractivity contribution in [1.29, 1.82) is 0 Å². The van der Waals surface area contributed by atoms with E-state index in [1.807, 2.05) is 45.9 Å². The first kappa shape index (κ1) is 13.5. The van der Waals surface area contributed by atoms with Crippen LogP contribution in [0.5, 0.6) is 11.5 Å². The first-order valence-electron chi connectivity index (χ1n) is 6.47. The van der Waals surface area contributed by atoms with Crippen LogP contribution in [0.1, 0.15) is 33.4 Å². The van der Waals surface area contributed by atoms with Crippen molar-refractivity contribution >= 4 is 0 Å². The minimum Gasteiger partial charge on any atom is -0.508 e. The van der Waals surface area contributed by atoms with Crippen molar-refractivity contribution in [2.24, 2.45) is 0 Å². The maximum atomic E-state index is 10.2. The summed E-state index contributed by atoms with van der Waals surface area (Å²) in [5.41, 5.74) is 6.00. The van der Waals surface area contributed by atoms with Gasteiger partial charge in [0.1, 0.15) is 11.5 Å². The van der Waals surface area contributed by atoms with Crippen molar-refractivity contribution in [2.75, 3.05) is 0 Å². The Kier molecular flexibility index (Phi) is 3.52. The molecule has 2 nitrogen and oxygen atoms in total. The van der Waals surface area contributed by atoms with E-state index in [9.17, 15) is 10.2 Å². The van der Waals surface area contributed by atoms with Crippen LogP contribution in [0, 0.1) is 27.7 Å². The third-order valence-corrected chi connectivity index (χ3v) is 3.74. The van der Waals surface area contributed by atoms with Crippen molar-refractivity contribution in [3.63, 3.8) is 0 Å². The zero-order valence-corrected chi connectivity index (χ0v) is 11.9. The highest BCUT2D eigenvalue weighted by Crippen LogP contribution is 2.30. The highest BCUT2D eigenvalue weighted by Gasteiger charge is 2.11. The summed E-state index contributed by atoms with van der Waals surface area (Å²) in [6.07, 6.45) is 0.687. The fourth-order valence-electron chi connectivity index (χ4n) is 2.32. The van der Waals surface area contributed by atoms with Crippen LogP contribution in [0.3, 0.4) is 0 Å². The smallest absolute Gasteiger partial charge is 0.122 e. The largest absolute Gasteiger partial charge is 0.508 e. The molecule has 0 heterocycles. The molecule has 2 aromatic rings. The highest BCUT2D eigenvalue weighted by atomic mass is 16.3. The van der Waals surface area contributed by atoms with Crippen molar-refractivity contribution in [2.45, 2.75) is 34.1 Å². The molecule has 2 aromatic carbocycles. The molecule has 0 amide bonds. The Bertz CT molecular complexity index is 628. The number of aryl methyl sites for hydroxylation is 4. The zero-order valence-electron chi connectivity index (χ0n) is 11.9. The highest BCUT2D eigenvalue weighted by molar-refractivity contribution is 5.49. The molecular formula is C17H20O2. The average molecular weight is 256 g/mol. The molecule has 0 aliphatic rings. The van der Waals surface area contributed by atoms with Gasteiger partial charge in [-0.15, -0.1) is 0 Å². The molecule has 2 N–H and O–H groups in total. The standard InChI is InChI=1S/C17H20O2/c1-10-5-6-11(2)17(19)15(10)9-14-7-13(4)16(18)8-12(14)3/h5-8,18-19H,9H2,1-4H3. The van der Waals surface area contributed by atoms with Gasteiger partial charge in [0.15, 0.2) is 0 Å². The molecule has 0 aromatic heterocycles. The van der Waals surface area contributed by atoms with E-state index in [-0.39, 0.29) is 0 Å². The average Bonchev–Trinajstić information content (AvgIpc) is 2.36. The molecule has 0 bridgehead atoms.